The summed E-state index contributed by atoms with van der Waals surface area (Å²) in [6.07, 6.45) is 5.17. The van der Waals surface area contributed by atoms with Gasteiger partial charge in [-0.15, -0.1) is 12.4 Å². The summed E-state index contributed by atoms with van der Waals surface area (Å²) in [6.45, 7) is 0.457. The predicted octanol–water partition coefficient (Wildman–Crippen LogP) is 2.24. The van der Waals surface area contributed by atoms with E-state index in [-0.39, 0.29) is 35.0 Å². The number of methoxy groups -OCH3 is 1. The largest absolute Gasteiger partial charge is 0.464 e. The number of ether oxygens (including phenoxy) is 1. The van der Waals surface area contributed by atoms with E-state index in [0.29, 0.717) is 17.3 Å². The van der Waals surface area contributed by atoms with Gasteiger partial charge in [0.05, 0.1) is 12.0 Å². The lowest BCUT2D eigenvalue weighted by Crippen LogP contribution is -2.44. The Hall–Kier alpha value is -1.74. The van der Waals surface area contributed by atoms with Crippen LogP contribution in [0.1, 0.15) is 36.2 Å². The molecule has 1 aromatic carbocycles. The van der Waals surface area contributed by atoms with Crippen molar-refractivity contribution < 1.29 is 17.9 Å². The van der Waals surface area contributed by atoms with E-state index < -0.39 is 16.0 Å². The standard InChI is InChI=1S/C18H23N3O4S.ClH/c1-25-18(22)17-14-6-4-8-16(13(14)9-10-20-17)26(23,24)21-15-7-3-2-5-12(15)11-19;/h4,6,8-10,12,15,21H,2-3,5,7,11,19H2,1H3;1H. The van der Waals surface area contributed by atoms with Crippen LogP contribution in [-0.4, -0.2) is 39.1 Å². The maximum absolute atomic E-state index is 13.0. The monoisotopic (exact) mass is 413 g/mol. The van der Waals surface area contributed by atoms with Crippen molar-refractivity contribution in [2.24, 2.45) is 11.7 Å². The number of hydrogen-bond acceptors (Lipinski definition) is 6. The van der Waals surface area contributed by atoms with Gasteiger partial charge in [-0.25, -0.2) is 22.9 Å². The van der Waals surface area contributed by atoms with Gasteiger partial charge in [-0.2, -0.15) is 0 Å². The minimum atomic E-state index is -3.76. The van der Waals surface area contributed by atoms with E-state index in [1.165, 1.54) is 19.4 Å². The normalized spacial score (nSPS) is 20.1. The number of carbonyl (C=O) groups is 1. The van der Waals surface area contributed by atoms with Crippen molar-refractivity contribution in [3.63, 3.8) is 0 Å². The number of hydrogen-bond donors (Lipinski definition) is 2. The zero-order chi connectivity index (χ0) is 18.7. The summed E-state index contributed by atoms with van der Waals surface area (Å²) in [6, 6.07) is 6.23. The molecule has 0 bridgehead atoms. The number of halogens is 1. The molecular weight excluding hydrogens is 390 g/mol. The van der Waals surface area contributed by atoms with E-state index in [9.17, 15) is 13.2 Å². The van der Waals surface area contributed by atoms with Gasteiger partial charge >= 0.3 is 5.97 Å². The fraction of sp³-hybridized carbons (Fsp3) is 0.444. The molecule has 2 unspecified atom stereocenters. The summed E-state index contributed by atoms with van der Waals surface area (Å²) in [5.74, 6) is -0.464. The van der Waals surface area contributed by atoms with Crippen molar-refractivity contribution in [2.45, 2.75) is 36.6 Å². The Kier molecular flexibility index (Phi) is 7.16. The number of esters is 1. The van der Waals surface area contributed by atoms with Gasteiger partial charge in [-0.1, -0.05) is 25.0 Å². The van der Waals surface area contributed by atoms with Crippen LogP contribution >= 0.6 is 12.4 Å². The molecule has 1 fully saturated rings. The first-order valence-corrected chi connectivity index (χ1v) is 10.1. The van der Waals surface area contributed by atoms with Crippen LogP contribution in [0.25, 0.3) is 10.8 Å². The van der Waals surface area contributed by atoms with Gasteiger partial charge in [0.15, 0.2) is 5.69 Å². The Labute approximate surface area is 165 Å². The van der Waals surface area contributed by atoms with Crippen molar-refractivity contribution in [3.05, 3.63) is 36.2 Å². The number of nitrogens with two attached hydrogens (primary N) is 1. The third kappa shape index (κ3) is 4.40. The molecule has 3 rings (SSSR count). The van der Waals surface area contributed by atoms with Crippen molar-refractivity contribution in [2.75, 3.05) is 13.7 Å². The molecule has 0 aliphatic heterocycles. The maximum Gasteiger partial charge on any atom is 0.357 e. The summed E-state index contributed by atoms with van der Waals surface area (Å²) in [5.41, 5.74) is 5.91. The molecule has 7 nitrogen and oxygen atoms in total. The van der Waals surface area contributed by atoms with E-state index in [1.54, 1.807) is 18.2 Å². The number of nitrogens with one attached hydrogen (secondary N) is 1. The molecule has 1 aliphatic carbocycles. The molecule has 2 aromatic rings. The molecular formula is C18H24ClN3O4S. The van der Waals surface area contributed by atoms with Gasteiger partial charge in [0.2, 0.25) is 10.0 Å². The van der Waals surface area contributed by atoms with Crippen LogP contribution < -0.4 is 10.5 Å². The van der Waals surface area contributed by atoms with E-state index in [1.807, 2.05) is 0 Å². The highest BCUT2D eigenvalue weighted by molar-refractivity contribution is 7.89. The van der Waals surface area contributed by atoms with Gasteiger partial charge in [-0.05, 0) is 37.4 Å². The Balaban J connectivity index is 0.00000261. The predicted molar refractivity (Wildman–Crippen MR) is 105 cm³/mol. The average molecular weight is 414 g/mol. The Bertz CT molecular complexity index is 920. The Morgan fingerprint density at radius 2 is 2.00 bits per heavy atom. The highest BCUT2D eigenvalue weighted by Crippen LogP contribution is 2.28. The molecule has 0 spiro atoms. The molecule has 3 N–H and O–H groups in total. The second-order valence-corrected chi connectivity index (χ2v) is 8.19. The van der Waals surface area contributed by atoms with E-state index in [2.05, 4.69) is 9.71 Å². The van der Waals surface area contributed by atoms with Gasteiger partial charge in [0, 0.05) is 23.0 Å². The summed E-state index contributed by atoms with van der Waals surface area (Å²) >= 11 is 0. The molecule has 148 valence electrons. The lowest BCUT2D eigenvalue weighted by molar-refractivity contribution is 0.0596. The smallest absolute Gasteiger partial charge is 0.357 e. The zero-order valence-electron chi connectivity index (χ0n) is 15.1. The number of pyridine rings is 1. The number of rotatable bonds is 5. The summed E-state index contributed by atoms with van der Waals surface area (Å²) in [5, 5.41) is 0.886. The van der Waals surface area contributed by atoms with Crippen LogP contribution in [0.15, 0.2) is 35.4 Å². The Morgan fingerprint density at radius 3 is 2.70 bits per heavy atom. The highest BCUT2D eigenvalue weighted by atomic mass is 35.5. The van der Waals surface area contributed by atoms with Crippen molar-refractivity contribution >= 4 is 39.2 Å². The van der Waals surface area contributed by atoms with Crippen LogP contribution in [0.3, 0.4) is 0 Å². The number of sulfonamides is 1. The van der Waals surface area contributed by atoms with Crippen LogP contribution in [0.2, 0.25) is 0 Å². The third-order valence-electron chi connectivity index (χ3n) is 4.95. The molecule has 0 saturated heterocycles. The summed E-state index contributed by atoms with van der Waals surface area (Å²) in [4.78, 5) is 16.1. The van der Waals surface area contributed by atoms with E-state index >= 15 is 0 Å². The second-order valence-electron chi connectivity index (χ2n) is 6.51. The van der Waals surface area contributed by atoms with E-state index in [4.69, 9.17) is 10.5 Å². The highest BCUT2D eigenvalue weighted by Gasteiger charge is 2.29. The lowest BCUT2D eigenvalue weighted by Gasteiger charge is -2.31. The number of nitrogens with zero attached hydrogens (tertiary/aromatic N) is 1. The molecule has 1 heterocycles. The molecule has 9 heteroatoms. The molecule has 0 radical (unpaired) electrons. The molecule has 0 amide bonds. The van der Waals surface area contributed by atoms with Crippen LogP contribution in [0, 0.1) is 5.92 Å². The SMILES string of the molecule is COC(=O)c1nccc2c(S(=O)(=O)NC3CCCCC3CN)cccc12.Cl. The fourth-order valence-corrected chi connectivity index (χ4v) is 5.14. The second kappa shape index (κ2) is 8.97. The minimum Gasteiger partial charge on any atom is -0.464 e. The number of carbonyl (C=O) groups excluding carboxylic acids is 1. The number of fused-ring (bicyclic) bond motifs is 1. The van der Waals surface area contributed by atoms with Gasteiger partial charge in [0.25, 0.3) is 0 Å². The first-order valence-electron chi connectivity index (χ1n) is 8.66. The van der Waals surface area contributed by atoms with Crippen molar-refractivity contribution in [3.8, 4) is 0 Å². The fourth-order valence-electron chi connectivity index (χ4n) is 3.58. The molecule has 1 aromatic heterocycles. The topological polar surface area (TPSA) is 111 Å². The van der Waals surface area contributed by atoms with Gasteiger partial charge in [-0.3, -0.25) is 0 Å². The van der Waals surface area contributed by atoms with Crippen molar-refractivity contribution in [1.29, 1.82) is 0 Å². The van der Waals surface area contributed by atoms with E-state index in [0.717, 1.165) is 25.7 Å². The van der Waals surface area contributed by atoms with Gasteiger partial charge < -0.3 is 10.5 Å². The average Bonchev–Trinajstić information content (AvgIpc) is 2.66. The number of aromatic nitrogens is 1. The first-order chi connectivity index (χ1) is 12.5. The van der Waals surface area contributed by atoms with Crippen LogP contribution in [0.4, 0.5) is 0 Å². The maximum atomic E-state index is 13.0. The quantitative estimate of drug-likeness (QED) is 0.727. The molecule has 1 saturated carbocycles. The first kappa shape index (κ1) is 21.6. The van der Waals surface area contributed by atoms with Crippen LogP contribution in [0.5, 0.6) is 0 Å². The lowest BCUT2D eigenvalue weighted by atomic mass is 9.85. The summed E-state index contributed by atoms with van der Waals surface area (Å²) in [7, 11) is -2.50. The van der Waals surface area contributed by atoms with Gasteiger partial charge in [0.1, 0.15) is 0 Å². The zero-order valence-corrected chi connectivity index (χ0v) is 16.7. The number of benzene rings is 1. The van der Waals surface area contributed by atoms with Crippen LogP contribution in [-0.2, 0) is 14.8 Å². The molecule has 1 aliphatic rings. The molecule has 27 heavy (non-hydrogen) atoms. The minimum absolute atomic E-state index is 0. The summed E-state index contributed by atoms with van der Waals surface area (Å²) < 4.78 is 33.6. The Morgan fingerprint density at radius 1 is 1.26 bits per heavy atom. The molecule has 2 atom stereocenters. The van der Waals surface area contributed by atoms with Crippen molar-refractivity contribution in [1.82, 2.24) is 9.71 Å². The third-order valence-corrected chi connectivity index (χ3v) is 6.50.